The summed E-state index contributed by atoms with van der Waals surface area (Å²) in [5.74, 6) is 1.73. The first kappa shape index (κ1) is 11.5. The maximum Gasteiger partial charge on any atom is 0.207 e. The van der Waals surface area contributed by atoms with Gasteiger partial charge in [-0.05, 0) is 30.7 Å². The van der Waals surface area contributed by atoms with Crippen LogP contribution >= 0.6 is 0 Å². The Morgan fingerprint density at radius 1 is 1.29 bits per heavy atom. The van der Waals surface area contributed by atoms with E-state index in [1.165, 1.54) is 0 Å². The lowest BCUT2D eigenvalue weighted by Gasteiger charge is -2.08. The standard InChI is InChI=1S/C13H17N3O/c1-3-10-17-12-6-4-11(5-7-12)15-13-14-8-9-16(13)2/h4-9H,3,10H2,1-2H3,(H,14,15). The predicted molar refractivity (Wildman–Crippen MR) is 68.7 cm³/mol. The fraction of sp³-hybridized carbons (Fsp3) is 0.308. The average molecular weight is 231 g/mol. The van der Waals surface area contributed by atoms with Crippen LogP contribution in [0, 0.1) is 0 Å². The number of nitrogens with one attached hydrogen (secondary N) is 1. The molecule has 0 saturated carbocycles. The van der Waals surface area contributed by atoms with Crippen LogP contribution in [0.25, 0.3) is 0 Å². The highest BCUT2D eigenvalue weighted by Gasteiger charge is 1.99. The number of aryl methyl sites for hydroxylation is 1. The van der Waals surface area contributed by atoms with Crippen molar-refractivity contribution in [2.45, 2.75) is 13.3 Å². The van der Waals surface area contributed by atoms with Crippen LogP contribution in [0.4, 0.5) is 11.6 Å². The largest absolute Gasteiger partial charge is 0.494 e. The van der Waals surface area contributed by atoms with Gasteiger partial charge in [0, 0.05) is 25.1 Å². The molecule has 4 heteroatoms. The van der Waals surface area contributed by atoms with E-state index in [-0.39, 0.29) is 0 Å². The Morgan fingerprint density at radius 3 is 2.65 bits per heavy atom. The molecule has 1 heterocycles. The summed E-state index contributed by atoms with van der Waals surface area (Å²) in [6.45, 7) is 2.85. The third-order valence-corrected chi connectivity index (χ3v) is 2.40. The van der Waals surface area contributed by atoms with E-state index in [0.29, 0.717) is 0 Å². The van der Waals surface area contributed by atoms with Gasteiger partial charge in [-0.2, -0.15) is 0 Å². The van der Waals surface area contributed by atoms with Gasteiger partial charge in [-0.25, -0.2) is 4.98 Å². The number of anilines is 2. The van der Waals surface area contributed by atoms with Gasteiger partial charge >= 0.3 is 0 Å². The van der Waals surface area contributed by atoms with Crippen molar-refractivity contribution in [1.29, 1.82) is 0 Å². The molecule has 0 spiro atoms. The van der Waals surface area contributed by atoms with Crippen LogP contribution in [-0.2, 0) is 7.05 Å². The van der Waals surface area contributed by atoms with Crippen LogP contribution in [-0.4, -0.2) is 16.2 Å². The second-order valence-electron chi connectivity index (χ2n) is 3.86. The normalized spacial score (nSPS) is 10.2. The zero-order chi connectivity index (χ0) is 12.1. The molecule has 90 valence electrons. The van der Waals surface area contributed by atoms with Gasteiger partial charge in [0.1, 0.15) is 5.75 Å². The first-order valence-electron chi connectivity index (χ1n) is 5.77. The molecule has 0 fully saturated rings. The lowest BCUT2D eigenvalue weighted by Crippen LogP contribution is -1.99. The number of benzene rings is 1. The second kappa shape index (κ2) is 5.39. The lowest BCUT2D eigenvalue weighted by atomic mass is 10.3. The summed E-state index contributed by atoms with van der Waals surface area (Å²) in [5.41, 5.74) is 1.00. The summed E-state index contributed by atoms with van der Waals surface area (Å²) >= 11 is 0. The summed E-state index contributed by atoms with van der Waals surface area (Å²) in [6, 6.07) is 7.89. The van der Waals surface area contributed by atoms with Gasteiger partial charge < -0.3 is 14.6 Å². The van der Waals surface area contributed by atoms with Gasteiger partial charge in [0.15, 0.2) is 0 Å². The summed E-state index contributed by atoms with van der Waals surface area (Å²) in [4.78, 5) is 4.20. The fourth-order valence-electron chi connectivity index (χ4n) is 1.47. The number of ether oxygens (including phenoxy) is 1. The number of imidazole rings is 1. The molecule has 0 saturated heterocycles. The third kappa shape index (κ3) is 3.00. The minimum Gasteiger partial charge on any atom is -0.494 e. The van der Waals surface area contributed by atoms with Crippen LogP contribution in [0.3, 0.4) is 0 Å². The number of aromatic nitrogens is 2. The number of nitrogens with zero attached hydrogens (tertiary/aromatic N) is 2. The van der Waals surface area contributed by atoms with Gasteiger partial charge in [0.2, 0.25) is 5.95 Å². The van der Waals surface area contributed by atoms with Crippen molar-refractivity contribution in [1.82, 2.24) is 9.55 Å². The van der Waals surface area contributed by atoms with Gasteiger partial charge in [0.25, 0.3) is 0 Å². The molecule has 0 radical (unpaired) electrons. The zero-order valence-electron chi connectivity index (χ0n) is 10.2. The molecule has 4 nitrogen and oxygen atoms in total. The molecule has 0 amide bonds. The van der Waals surface area contributed by atoms with Crippen LogP contribution in [0.2, 0.25) is 0 Å². The summed E-state index contributed by atoms with van der Waals surface area (Å²) in [7, 11) is 1.95. The third-order valence-electron chi connectivity index (χ3n) is 2.40. The Morgan fingerprint density at radius 2 is 2.06 bits per heavy atom. The first-order valence-corrected chi connectivity index (χ1v) is 5.77. The lowest BCUT2D eigenvalue weighted by molar-refractivity contribution is 0.317. The van der Waals surface area contributed by atoms with Crippen LogP contribution in [0.1, 0.15) is 13.3 Å². The summed E-state index contributed by atoms with van der Waals surface area (Å²) in [5, 5.41) is 3.23. The molecule has 2 aromatic rings. The van der Waals surface area contributed by atoms with Crippen LogP contribution in [0.15, 0.2) is 36.7 Å². The molecule has 0 unspecified atom stereocenters. The average Bonchev–Trinajstić information content (AvgIpc) is 2.74. The summed E-state index contributed by atoms with van der Waals surface area (Å²) < 4.78 is 7.45. The highest BCUT2D eigenvalue weighted by Crippen LogP contribution is 2.18. The van der Waals surface area contributed by atoms with Gasteiger partial charge in [-0.1, -0.05) is 6.92 Å². The van der Waals surface area contributed by atoms with Gasteiger partial charge in [0.05, 0.1) is 6.61 Å². The van der Waals surface area contributed by atoms with E-state index >= 15 is 0 Å². The Kier molecular flexibility index (Phi) is 3.65. The molecular formula is C13H17N3O. The second-order valence-corrected chi connectivity index (χ2v) is 3.86. The van der Waals surface area contributed by atoms with E-state index in [1.807, 2.05) is 42.1 Å². The van der Waals surface area contributed by atoms with Crippen molar-refractivity contribution in [3.8, 4) is 5.75 Å². The zero-order valence-corrected chi connectivity index (χ0v) is 10.2. The van der Waals surface area contributed by atoms with Crippen LogP contribution in [0.5, 0.6) is 5.75 Å². The molecule has 17 heavy (non-hydrogen) atoms. The highest BCUT2D eigenvalue weighted by atomic mass is 16.5. The van der Waals surface area contributed by atoms with E-state index in [0.717, 1.165) is 30.4 Å². The Balaban J connectivity index is 2.01. The van der Waals surface area contributed by atoms with Crippen molar-refractivity contribution in [3.05, 3.63) is 36.7 Å². The minimum atomic E-state index is 0.756. The minimum absolute atomic E-state index is 0.756. The SMILES string of the molecule is CCCOc1ccc(Nc2nccn2C)cc1. The Hall–Kier alpha value is -1.97. The van der Waals surface area contributed by atoms with E-state index in [1.54, 1.807) is 6.20 Å². The Labute approximate surface area is 101 Å². The molecule has 1 aromatic carbocycles. The molecule has 0 aliphatic carbocycles. The molecule has 0 bridgehead atoms. The van der Waals surface area contributed by atoms with Gasteiger partial charge in [-0.15, -0.1) is 0 Å². The molecule has 1 N–H and O–H groups in total. The monoisotopic (exact) mass is 231 g/mol. The maximum atomic E-state index is 5.52. The van der Waals surface area contributed by atoms with E-state index in [4.69, 9.17) is 4.74 Å². The van der Waals surface area contributed by atoms with Gasteiger partial charge in [-0.3, -0.25) is 0 Å². The fourth-order valence-corrected chi connectivity index (χ4v) is 1.47. The topological polar surface area (TPSA) is 39.1 Å². The van der Waals surface area contributed by atoms with Crippen molar-refractivity contribution >= 4 is 11.6 Å². The number of hydrogen-bond acceptors (Lipinski definition) is 3. The van der Waals surface area contributed by atoms with E-state index in [2.05, 4.69) is 17.2 Å². The maximum absolute atomic E-state index is 5.52. The van der Waals surface area contributed by atoms with Crippen molar-refractivity contribution < 1.29 is 4.74 Å². The summed E-state index contributed by atoms with van der Waals surface area (Å²) in [6.07, 6.45) is 4.69. The van der Waals surface area contributed by atoms with Crippen LogP contribution < -0.4 is 10.1 Å². The van der Waals surface area contributed by atoms with Crippen molar-refractivity contribution in [2.24, 2.45) is 7.05 Å². The molecular weight excluding hydrogens is 214 g/mol. The molecule has 0 atom stereocenters. The van der Waals surface area contributed by atoms with Crippen molar-refractivity contribution in [3.63, 3.8) is 0 Å². The number of hydrogen-bond donors (Lipinski definition) is 1. The first-order chi connectivity index (χ1) is 8.29. The molecule has 1 aromatic heterocycles. The molecule has 0 aliphatic heterocycles. The number of rotatable bonds is 5. The predicted octanol–water partition coefficient (Wildman–Crippen LogP) is 2.95. The van der Waals surface area contributed by atoms with E-state index in [9.17, 15) is 0 Å². The smallest absolute Gasteiger partial charge is 0.207 e. The Bertz CT molecular complexity index is 462. The molecule has 0 aliphatic rings. The van der Waals surface area contributed by atoms with Crippen molar-refractivity contribution in [2.75, 3.05) is 11.9 Å². The highest BCUT2D eigenvalue weighted by molar-refractivity contribution is 5.54. The van der Waals surface area contributed by atoms with E-state index < -0.39 is 0 Å². The molecule has 2 rings (SSSR count). The quantitative estimate of drug-likeness (QED) is 0.859.